The van der Waals surface area contributed by atoms with Crippen LogP contribution in [0.15, 0.2) is 12.1 Å². The smallest absolute Gasteiger partial charge is 0.354 e. The van der Waals surface area contributed by atoms with E-state index >= 15 is 0 Å². The van der Waals surface area contributed by atoms with E-state index in [0.717, 1.165) is 31.4 Å². The minimum absolute atomic E-state index is 0.0102. The summed E-state index contributed by atoms with van der Waals surface area (Å²) in [5.74, 6) is -1.20. The largest absolute Gasteiger partial charge is 0.477 e. The number of hydrogen-bond donors (Lipinski definition) is 2. The highest BCUT2D eigenvalue weighted by atomic mass is 16.6. The molecule has 0 aliphatic rings. The summed E-state index contributed by atoms with van der Waals surface area (Å²) in [4.78, 5) is 24.7. The summed E-state index contributed by atoms with van der Waals surface area (Å²) in [5, 5.41) is 22.4. The number of nitrogens with one attached hydrogen (secondary N) is 1. The molecule has 7 heteroatoms. The van der Waals surface area contributed by atoms with Gasteiger partial charge in [0.1, 0.15) is 0 Å². The third-order valence-electron chi connectivity index (χ3n) is 2.36. The normalized spacial score (nSPS) is 10.1. The minimum atomic E-state index is -1.21. The second kappa shape index (κ2) is 6.53. The highest BCUT2D eigenvalue weighted by Gasteiger charge is 2.17. The van der Waals surface area contributed by atoms with E-state index < -0.39 is 10.9 Å². The maximum Gasteiger partial charge on any atom is 0.354 e. The number of carboxylic acid groups (broad SMARTS) is 1. The number of unbranched alkanes of at least 4 members (excludes halogenated alkanes) is 2. The van der Waals surface area contributed by atoms with Gasteiger partial charge in [0.2, 0.25) is 5.82 Å². The van der Waals surface area contributed by atoms with E-state index in [0.29, 0.717) is 6.54 Å². The Morgan fingerprint density at radius 2 is 2.22 bits per heavy atom. The van der Waals surface area contributed by atoms with Crippen LogP contribution < -0.4 is 5.32 Å². The van der Waals surface area contributed by atoms with Gasteiger partial charge in [0.25, 0.3) is 0 Å². The lowest BCUT2D eigenvalue weighted by Crippen LogP contribution is -2.09. The Kier molecular flexibility index (Phi) is 5.04. The first-order valence-electron chi connectivity index (χ1n) is 5.69. The van der Waals surface area contributed by atoms with Crippen LogP contribution in [-0.4, -0.2) is 27.5 Å². The van der Waals surface area contributed by atoms with E-state index in [1.54, 1.807) is 0 Å². The summed E-state index contributed by atoms with van der Waals surface area (Å²) in [7, 11) is 0. The van der Waals surface area contributed by atoms with Crippen molar-refractivity contribution >= 4 is 17.5 Å². The van der Waals surface area contributed by atoms with Crippen molar-refractivity contribution in [2.24, 2.45) is 0 Å². The summed E-state index contributed by atoms with van der Waals surface area (Å²) in [5.41, 5.74) is -0.421. The fourth-order valence-corrected chi connectivity index (χ4v) is 1.43. The Hall–Kier alpha value is -2.18. The summed E-state index contributed by atoms with van der Waals surface area (Å²) >= 11 is 0. The summed E-state index contributed by atoms with van der Waals surface area (Å²) < 4.78 is 0. The van der Waals surface area contributed by atoms with Gasteiger partial charge in [-0.3, -0.25) is 10.1 Å². The van der Waals surface area contributed by atoms with Crippen LogP contribution in [0.3, 0.4) is 0 Å². The van der Waals surface area contributed by atoms with E-state index in [9.17, 15) is 14.9 Å². The number of carbonyl (C=O) groups is 1. The van der Waals surface area contributed by atoms with Crippen molar-refractivity contribution in [2.45, 2.75) is 26.2 Å². The van der Waals surface area contributed by atoms with E-state index in [1.807, 2.05) is 6.92 Å². The number of aromatic nitrogens is 1. The number of aromatic carboxylic acids is 1. The van der Waals surface area contributed by atoms with Crippen LogP contribution in [0.5, 0.6) is 0 Å². The first-order valence-corrected chi connectivity index (χ1v) is 5.69. The average molecular weight is 253 g/mol. The predicted octanol–water partition coefficient (Wildman–Crippen LogP) is 2.29. The minimum Gasteiger partial charge on any atom is -0.477 e. The van der Waals surface area contributed by atoms with Crippen molar-refractivity contribution in [2.75, 3.05) is 11.9 Å². The van der Waals surface area contributed by atoms with Gasteiger partial charge in [-0.15, -0.1) is 0 Å². The molecule has 7 nitrogen and oxygen atoms in total. The van der Waals surface area contributed by atoms with Gasteiger partial charge >= 0.3 is 11.7 Å². The van der Waals surface area contributed by atoms with Crippen molar-refractivity contribution in [1.29, 1.82) is 0 Å². The molecule has 0 bridgehead atoms. The van der Waals surface area contributed by atoms with Crippen LogP contribution in [-0.2, 0) is 0 Å². The Morgan fingerprint density at radius 3 is 2.78 bits per heavy atom. The van der Waals surface area contributed by atoms with E-state index in [-0.39, 0.29) is 17.2 Å². The molecule has 0 radical (unpaired) electrons. The van der Waals surface area contributed by atoms with Crippen molar-refractivity contribution in [3.05, 3.63) is 27.9 Å². The molecule has 0 saturated heterocycles. The zero-order valence-electron chi connectivity index (χ0n) is 10.0. The van der Waals surface area contributed by atoms with Gasteiger partial charge in [-0.25, -0.2) is 9.78 Å². The van der Waals surface area contributed by atoms with E-state index in [4.69, 9.17) is 5.11 Å². The summed E-state index contributed by atoms with van der Waals surface area (Å²) in [6, 6.07) is 2.27. The van der Waals surface area contributed by atoms with Gasteiger partial charge in [-0.1, -0.05) is 19.8 Å². The molecule has 0 saturated carbocycles. The summed E-state index contributed by atoms with van der Waals surface area (Å²) in [6.45, 7) is 2.58. The molecule has 0 aliphatic carbocycles. The molecule has 0 aromatic carbocycles. The number of hydrogen-bond acceptors (Lipinski definition) is 5. The summed E-state index contributed by atoms with van der Waals surface area (Å²) in [6.07, 6.45) is 2.89. The number of anilines is 1. The van der Waals surface area contributed by atoms with Gasteiger partial charge in [0, 0.05) is 12.6 Å². The molecule has 0 fully saturated rings. The molecule has 98 valence electrons. The van der Waals surface area contributed by atoms with Crippen LogP contribution in [0.25, 0.3) is 0 Å². The van der Waals surface area contributed by atoms with Crippen LogP contribution in [0, 0.1) is 10.1 Å². The molecule has 0 spiro atoms. The maximum absolute atomic E-state index is 10.8. The molecule has 0 aliphatic heterocycles. The highest BCUT2D eigenvalue weighted by molar-refractivity contribution is 5.86. The molecule has 1 aromatic heterocycles. The molecule has 1 rings (SSSR count). The molecular weight excluding hydrogens is 238 g/mol. The second-order valence-corrected chi connectivity index (χ2v) is 3.76. The lowest BCUT2D eigenvalue weighted by Gasteiger charge is -2.06. The molecule has 2 N–H and O–H groups in total. The SMILES string of the molecule is CCCCCNc1nc(C(=O)O)ccc1[N+](=O)[O-]. The lowest BCUT2D eigenvalue weighted by molar-refractivity contribution is -0.384. The van der Waals surface area contributed by atoms with Crippen LogP contribution >= 0.6 is 0 Å². The first-order chi connectivity index (χ1) is 8.56. The van der Waals surface area contributed by atoms with E-state index in [2.05, 4.69) is 10.3 Å². The molecule has 0 atom stereocenters. The fourth-order valence-electron chi connectivity index (χ4n) is 1.43. The Balaban J connectivity index is 2.86. The average Bonchev–Trinajstić information content (AvgIpc) is 2.34. The Morgan fingerprint density at radius 1 is 1.50 bits per heavy atom. The first kappa shape index (κ1) is 13.9. The van der Waals surface area contributed by atoms with Gasteiger partial charge < -0.3 is 10.4 Å². The molecule has 0 unspecified atom stereocenters. The quantitative estimate of drug-likeness (QED) is 0.438. The molecule has 1 aromatic rings. The number of carboxylic acids is 1. The maximum atomic E-state index is 10.8. The zero-order chi connectivity index (χ0) is 13.5. The van der Waals surface area contributed by atoms with Crippen molar-refractivity contribution < 1.29 is 14.8 Å². The van der Waals surface area contributed by atoms with Gasteiger partial charge in [-0.05, 0) is 12.5 Å². The zero-order valence-corrected chi connectivity index (χ0v) is 10.0. The van der Waals surface area contributed by atoms with E-state index in [1.165, 1.54) is 0 Å². The molecule has 18 heavy (non-hydrogen) atoms. The third-order valence-corrected chi connectivity index (χ3v) is 2.36. The standard InChI is InChI=1S/C11H15N3O4/c1-2-3-4-7-12-10-9(14(17)18)6-5-8(13-10)11(15)16/h5-6H,2-4,7H2,1H3,(H,12,13)(H,15,16). The van der Waals surface area contributed by atoms with Gasteiger partial charge in [-0.2, -0.15) is 0 Å². The predicted molar refractivity (Wildman–Crippen MR) is 65.9 cm³/mol. The highest BCUT2D eigenvalue weighted by Crippen LogP contribution is 2.22. The second-order valence-electron chi connectivity index (χ2n) is 3.76. The number of nitro groups is 1. The number of nitrogens with zero attached hydrogens (tertiary/aromatic N) is 2. The monoisotopic (exact) mass is 253 g/mol. The molecule has 0 amide bonds. The van der Waals surface area contributed by atoms with Crippen LogP contribution in [0.2, 0.25) is 0 Å². The van der Waals surface area contributed by atoms with Crippen molar-refractivity contribution in [3.63, 3.8) is 0 Å². The van der Waals surface area contributed by atoms with Crippen molar-refractivity contribution in [3.8, 4) is 0 Å². The Bertz CT molecular complexity index is 448. The fraction of sp³-hybridized carbons (Fsp3) is 0.455. The van der Waals surface area contributed by atoms with Gasteiger partial charge in [0.05, 0.1) is 4.92 Å². The Labute approximate surface area is 104 Å². The lowest BCUT2D eigenvalue weighted by atomic mass is 10.2. The van der Waals surface area contributed by atoms with Gasteiger partial charge in [0.15, 0.2) is 5.69 Å². The number of pyridine rings is 1. The van der Waals surface area contributed by atoms with Crippen LogP contribution in [0.1, 0.15) is 36.7 Å². The third kappa shape index (κ3) is 3.69. The van der Waals surface area contributed by atoms with Crippen molar-refractivity contribution in [1.82, 2.24) is 4.98 Å². The molecular formula is C11H15N3O4. The molecule has 1 heterocycles. The topological polar surface area (TPSA) is 105 Å². The number of rotatable bonds is 7. The van der Waals surface area contributed by atoms with Crippen LogP contribution in [0.4, 0.5) is 11.5 Å².